The number of nitrogens with zero attached hydrogens (tertiary/aromatic N) is 1. The fourth-order valence-electron chi connectivity index (χ4n) is 2.41. The monoisotopic (exact) mass is 255 g/mol. The van der Waals surface area contributed by atoms with E-state index in [-0.39, 0.29) is 12.3 Å². The lowest BCUT2D eigenvalue weighted by molar-refractivity contribution is -0.141. The SMILES string of the molecule is CCCCCCCCCN1CC(C(=O)O)CC1=O. The average molecular weight is 255 g/mol. The van der Waals surface area contributed by atoms with Crippen molar-refractivity contribution in [2.45, 2.75) is 58.3 Å². The van der Waals surface area contributed by atoms with Gasteiger partial charge in [-0.15, -0.1) is 0 Å². The van der Waals surface area contributed by atoms with E-state index >= 15 is 0 Å². The predicted molar refractivity (Wildman–Crippen MR) is 70.3 cm³/mol. The molecule has 1 unspecified atom stereocenters. The van der Waals surface area contributed by atoms with Crippen LogP contribution in [0.15, 0.2) is 0 Å². The minimum Gasteiger partial charge on any atom is -0.481 e. The highest BCUT2D eigenvalue weighted by Crippen LogP contribution is 2.18. The molecule has 104 valence electrons. The van der Waals surface area contributed by atoms with Gasteiger partial charge >= 0.3 is 5.97 Å². The van der Waals surface area contributed by atoms with Crippen LogP contribution in [-0.4, -0.2) is 35.0 Å². The van der Waals surface area contributed by atoms with Crippen LogP contribution in [0.4, 0.5) is 0 Å². The van der Waals surface area contributed by atoms with Gasteiger partial charge in [0.2, 0.25) is 5.91 Å². The molecule has 1 N–H and O–H groups in total. The summed E-state index contributed by atoms with van der Waals surface area (Å²) in [5, 5.41) is 8.86. The minimum atomic E-state index is -0.842. The first-order chi connectivity index (χ1) is 8.65. The first kappa shape index (κ1) is 15.0. The fourth-order valence-corrected chi connectivity index (χ4v) is 2.41. The number of likely N-dealkylation sites (tertiary alicyclic amines) is 1. The lowest BCUT2D eigenvalue weighted by atomic mass is 10.1. The summed E-state index contributed by atoms with van der Waals surface area (Å²) in [6.45, 7) is 3.35. The molecule has 0 aliphatic carbocycles. The maximum atomic E-state index is 11.6. The number of hydrogen-bond acceptors (Lipinski definition) is 2. The summed E-state index contributed by atoms with van der Waals surface area (Å²) < 4.78 is 0. The Morgan fingerprint density at radius 1 is 1.22 bits per heavy atom. The molecule has 1 saturated heterocycles. The Hall–Kier alpha value is -1.06. The molecule has 0 aromatic rings. The maximum absolute atomic E-state index is 11.6. The molecule has 1 atom stereocenters. The van der Waals surface area contributed by atoms with Gasteiger partial charge in [0.05, 0.1) is 5.92 Å². The third-order valence-corrected chi connectivity index (χ3v) is 3.60. The Morgan fingerprint density at radius 3 is 2.39 bits per heavy atom. The molecule has 0 bridgehead atoms. The molecule has 0 saturated carbocycles. The summed E-state index contributed by atoms with van der Waals surface area (Å²) in [6, 6.07) is 0. The fraction of sp³-hybridized carbons (Fsp3) is 0.857. The third-order valence-electron chi connectivity index (χ3n) is 3.60. The van der Waals surface area contributed by atoms with Crippen molar-refractivity contribution < 1.29 is 14.7 Å². The number of amides is 1. The summed E-state index contributed by atoms with van der Waals surface area (Å²) in [7, 11) is 0. The van der Waals surface area contributed by atoms with Gasteiger partial charge in [-0.3, -0.25) is 9.59 Å². The largest absolute Gasteiger partial charge is 0.481 e. The second-order valence-corrected chi connectivity index (χ2v) is 5.20. The van der Waals surface area contributed by atoms with E-state index in [0.29, 0.717) is 6.54 Å². The maximum Gasteiger partial charge on any atom is 0.308 e. The van der Waals surface area contributed by atoms with Crippen LogP contribution in [0, 0.1) is 5.92 Å². The number of carboxylic acid groups (broad SMARTS) is 1. The number of hydrogen-bond donors (Lipinski definition) is 1. The first-order valence-corrected chi connectivity index (χ1v) is 7.15. The van der Waals surface area contributed by atoms with E-state index in [2.05, 4.69) is 6.92 Å². The molecular formula is C14H25NO3. The van der Waals surface area contributed by atoms with Crippen LogP contribution in [0.2, 0.25) is 0 Å². The van der Waals surface area contributed by atoms with Crippen LogP contribution >= 0.6 is 0 Å². The Kier molecular flexibility index (Phi) is 6.76. The predicted octanol–water partition coefficient (Wildman–Crippen LogP) is 2.67. The molecule has 0 spiro atoms. The van der Waals surface area contributed by atoms with Gasteiger partial charge in [-0.2, -0.15) is 0 Å². The quantitative estimate of drug-likeness (QED) is 0.644. The molecular weight excluding hydrogens is 230 g/mol. The number of aliphatic carboxylic acids is 1. The van der Waals surface area contributed by atoms with Crippen molar-refractivity contribution in [3.63, 3.8) is 0 Å². The van der Waals surface area contributed by atoms with Gasteiger partial charge in [-0.25, -0.2) is 0 Å². The van der Waals surface area contributed by atoms with Crippen molar-refractivity contribution in [2.75, 3.05) is 13.1 Å². The van der Waals surface area contributed by atoms with Gasteiger partial charge in [-0.1, -0.05) is 45.4 Å². The normalized spacial score (nSPS) is 19.5. The van der Waals surface area contributed by atoms with Gasteiger partial charge in [0, 0.05) is 19.5 Å². The lowest BCUT2D eigenvalue weighted by Crippen LogP contribution is -2.27. The number of carboxylic acids is 1. The van der Waals surface area contributed by atoms with Crippen molar-refractivity contribution in [3.8, 4) is 0 Å². The Balaban J connectivity index is 2.06. The Morgan fingerprint density at radius 2 is 1.83 bits per heavy atom. The van der Waals surface area contributed by atoms with Gasteiger partial charge < -0.3 is 10.0 Å². The topological polar surface area (TPSA) is 57.6 Å². The van der Waals surface area contributed by atoms with Crippen LogP contribution in [0.1, 0.15) is 58.3 Å². The highest BCUT2D eigenvalue weighted by atomic mass is 16.4. The summed E-state index contributed by atoms with van der Waals surface area (Å²) in [5.74, 6) is -1.32. The highest BCUT2D eigenvalue weighted by Gasteiger charge is 2.33. The third kappa shape index (κ3) is 5.07. The van der Waals surface area contributed by atoms with E-state index < -0.39 is 11.9 Å². The van der Waals surface area contributed by atoms with Crippen molar-refractivity contribution in [3.05, 3.63) is 0 Å². The van der Waals surface area contributed by atoms with E-state index in [1.165, 1.54) is 32.1 Å². The second kappa shape index (κ2) is 8.11. The molecule has 18 heavy (non-hydrogen) atoms. The van der Waals surface area contributed by atoms with E-state index in [9.17, 15) is 9.59 Å². The molecule has 1 aliphatic rings. The smallest absolute Gasteiger partial charge is 0.308 e. The molecule has 0 radical (unpaired) electrons. The molecule has 1 aliphatic heterocycles. The zero-order valence-corrected chi connectivity index (χ0v) is 11.4. The van der Waals surface area contributed by atoms with Gasteiger partial charge in [0.15, 0.2) is 0 Å². The summed E-state index contributed by atoms with van der Waals surface area (Å²) in [4.78, 5) is 24.1. The average Bonchev–Trinajstić information content (AvgIpc) is 2.70. The summed E-state index contributed by atoms with van der Waals surface area (Å²) >= 11 is 0. The van der Waals surface area contributed by atoms with E-state index in [0.717, 1.165) is 19.4 Å². The molecule has 1 fully saturated rings. The van der Waals surface area contributed by atoms with Crippen molar-refractivity contribution in [1.29, 1.82) is 0 Å². The van der Waals surface area contributed by atoms with Crippen LogP contribution in [0.3, 0.4) is 0 Å². The van der Waals surface area contributed by atoms with Crippen molar-refractivity contribution in [1.82, 2.24) is 4.90 Å². The first-order valence-electron chi connectivity index (χ1n) is 7.15. The molecule has 4 nitrogen and oxygen atoms in total. The van der Waals surface area contributed by atoms with Gasteiger partial charge in [0.1, 0.15) is 0 Å². The Labute approximate surface area is 109 Å². The zero-order chi connectivity index (χ0) is 13.4. The van der Waals surface area contributed by atoms with E-state index in [1.807, 2.05) is 0 Å². The second-order valence-electron chi connectivity index (χ2n) is 5.20. The van der Waals surface area contributed by atoms with Gasteiger partial charge in [0.25, 0.3) is 0 Å². The molecule has 1 heterocycles. The molecule has 1 amide bonds. The number of unbranched alkanes of at least 4 members (excludes halogenated alkanes) is 6. The van der Waals surface area contributed by atoms with Crippen molar-refractivity contribution in [2.24, 2.45) is 5.92 Å². The highest BCUT2D eigenvalue weighted by molar-refractivity contribution is 5.86. The minimum absolute atomic E-state index is 0.00776. The standard InChI is InChI=1S/C14H25NO3/c1-2-3-4-5-6-7-8-9-15-11-12(14(17)18)10-13(15)16/h12H,2-11H2,1H3,(H,17,18). The van der Waals surface area contributed by atoms with Crippen LogP contribution in [0.5, 0.6) is 0 Å². The Bertz CT molecular complexity index is 278. The van der Waals surface area contributed by atoms with Crippen LogP contribution in [0.25, 0.3) is 0 Å². The van der Waals surface area contributed by atoms with Crippen LogP contribution in [-0.2, 0) is 9.59 Å². The van der Waals surface area contributed by atoms with Gasteiger partial charge in [-0.05, 0) is 6.42 Å². The summed E-state index contributed by atoms with van der Waals surface area (Å²) in [5.41, 5.74) is 0. The molecule has 0 aromatic carbocycles. The zero-order valence-electron chi connectivity index (χ0n) is 11.4. The number of rotatable bonds is 9. The number of carbonyl (C=O) groups excluding carboxylic acids is 1. The summed E-state index contributed by atoms with van der Waals surface area (Å²) in [6.07, 6.45) is 8.72. The van der Waals surface area contributed by atoms with E-state index in [1.54, 1.807) is 4.90 Å². The molecule has 0 aromatic heterocycles. The molecule has 4 heteroatoms. The van der Waals surface area contributed by atoms with Crippen molar-refractivity contribution >= 4 is 11.9 Å². The van der Waals surface area contributed by atoms with E-state index in [4.69, 9.17) is 5.11 Å². The number of carbonyl (C=O) groups is 2. The lowest BCUT2D eigenvalue weighted by Gasteiger charge is -2.15. The molecule has 1 rings (SSSR count). The van der Waals surface area contributed by atoms with Crippen LogP contribution < -0.4 is 0 Å².